The van der Waals surface area contributed by atoms with E-state index < -0.39 is 22.6 Å². The first kappa shape index (κ1) is 21.2. The maximum atomic E-state index is 14.1. The monoisotopic (exact) mass is 415 g/mol. The lowest BCUT2D eigenvalue weighted by Gasteiger charge is -2.32. The van der Waals surface area contributed by atoms with Gasteiger partial charge in [0.05, 0.1) is 23.3 Å². The van der Waals surface area contributed by atoms with Gasteiger partial charge in [-0.05, 0) is 49.1 Å². The first-order valence-corrected chi connectivity index (χ1v) is 9.52. The number of nitro benzene ring substituents is 1. The molecule has 1 fully saturated rings. The van der Waals surface area contributed by atoms with E-state index in [4.69, 9.17) is 0 Å². The minimum atomic E-state index is -0.746. The van der Waals surface area contributed by atoms with E-state index in [2.05, 4.69) is 17.0 Å². The summed E-state index contributed by atoms with van der Waals surface area (Å²) in [5.41, 5.74) is 0.134. The molecule has 2 aromatic carbocycles. The number of rotatable bonds is 5. The molecule has 0 bridgehead atoms. The molecule has 3 rings (SSSR count). The average molecular weight is 415 g/mol. The highest BCUT2D eigenvalue weighted by molar-refractivity contribution is 6.05. The largest absolute Gasteiger partial charge is 0.465 e. The summed E-state index contributed by atoms with van der Waals surface area (Å²) in [5, 5.41) is 14.0. The van der Waals surface area contributed by atoms with E-state index in [-0.39, 0.29) is 22.5 Å². The molecule has 1 N–H and O–H groups in total. The molecule has 158 valence electrons. The van der Waals surface area contributed by atoms with Crippen molar-refractivity contribution in [3.05, 3.63) is 63.5 Å². The van der Waals surface area contributed by atoms with Crippen LogP contribution < -0.4 is 10.2 Å². The lowest BCUT2D eigenvalue weighted by atomic mass is 9.99. The molecule has 1 atom stereocenters. The molecule has 30 heavy (non-hydrogen) atoms. The summed E-state index contributed by atoms with van der Waals surface area (Å²) in [5.74, 6) is -1.73. The summed E-state index contributed by atoms with van der Waals surface area (Å²) in [7, 11) is 1.19. The van der Waals surface area contributed by atoms with E-state index in [1.165, 1.54) is 25.3 Å². The first-order valence-electron chi connectivity index (χ1n) is 9.52. The number of nitro groups is 1. The SMILES string of the molecule is COC(=O)c1ccc(F)c(NC(=O)c2ccc(N3CCCC(C)C3)c([N+](=O)[O-])c2)c1. The molecule has 0 spiro atoms. The Kier molecular flexibility index (Phi) is 6.29. The quantitative estimate of drug-likeness (QED) is 0.450. The number of anilines is 2. The summed E-state index contributed by atoms with van der Waals surface area (Å²) < 4.78 is 18.7. The molecule has 1 aliphatic rings. The zero-order valence-corrected chi connectivity index (χ0v) is 16.7. The van der Waals surface area contributed by atoms with Gasteiger partial charge in [0, 0.05) is 24.7 Å². The summed E-state index contributed by atoms with van der Waals surface area (Å²) in [4.78, 5) is 37.3. The second-order valence-corrected chi connectivity index (χ2v) is 7.29. The number of esters is 1. The van der Waals surface area contributed by atoms with E-state index in [1.807, 2.05) is 4.90 Å². The highest BCUT2D eigenvalue weighted by Gasteiger charge is 2.25. The zero-order valence-electron chi connectivity index (χ0n) is 16.7. The predicted molar refractivity (Wildman–Crippen MR) is 109 cm³/mol. The van der Waals surface area contributed by atoms with Gasteiger partial charge in [-0.25, -0.2) is 9.18 Å². The van der Waals surface area contributed by atoms with E-state index in [9.17, 15) is 24.1 Å². The normalized spacial score (nSPS) is 16.1. The van der Waals surface area contributed by atoms with Crippen LogP contribution in [0.3, 0.4) is 0 Å². The fourth-order valence-corrected chi connectivity index (χ4v) is 3.55. The number of nitrogens with zero attached hydrogens (tertiary/aromatic N) is 2. The van der Waals surface area contributed by atoms with Crippen LogP contribution >= 0.6 is 0 Å². The third kappa shape index (κ3) is 4.56. The smallest absolute Gasteiger partial charge is 0.337 e. The minimum Gasteiger partial charge on any atom is -0.465 e. The molecule has 1 heterocycles. The number of amides is 1. The van der Waals surface area contributed by atoms with Crippen LogP contribution in [0.2, 0.25) is 0 Å². The summed E-state index contributed by atoms with van der Waals surface area (Å²) in [6.45, 7) is 3.51. The molecule has 1 aliphatic heterocycles. The van der Waals surface area contributed by atoms with E-state index in [0.717, 1.165) is 25.0 Å². The Hall–Kier alpha value is -3.49. The Bertz CT molecular complexity index is 995. The van der Waals surface area contributed by atoms with Crippen LogP contribution in [0, 0.1) is 21.8 Å². The molecule has 0 radical (unpaired) electrons. The molecule has 0 saturated carbocycles. The van der Waals surface area contributed by atoms with Crippen LogP contribution in [-0.2, 0) is 4.74 Å². The number of carbonyl (C=O) groups is 2. The van der Waals surface area contributed by atoms with Crippen LogP contribution in [0.1, 0.15) is 40.5 Å². The van der Waals surface area contributed by atoms with Crippen molar-refractivity contribution in [2.24, 2.45) is 5.92 Å². The lowest BCUT2D eigenvalue weighted by molar-refractivity contribution is -0.384. The Morgan fingerprint density at radius 3 is 2.63 bits per heavy atom. The number of carbonyl (C=O) groups excluding carboxylic acids is 2. The van der Waals surface area contributed by atoms with E-state index in [0.29, 0.717) is 24.7 Å². The first-order chi connectivity index (χ1) is 14.3. The van der Waals surface area contributed by atoms with Gasteiger partial charge in [0.15, 0.2) is 0 Å². The van der Waals surface area contributed by atoms with Crippen LogP contribution in [0.4, 0.5) is 21.5 Å². The van der Waals surface area contributed by atoms with Crippen LogP contribution in [0.5, 0.6) is 0 Å². The van der Waals surface area contributed by atoms with Crippen molar-refractivity contribution < 1.29 is 23.6 Å². The molecule has 0 aliphatic carbocycles. The topological polar surface area (TPSA) is 102 Å². The highest BCUT2D eigenvalue weighted by Crippen LogP contribution is 2.32. The molecule has 1 unspecified atom stereocenters. The van der Waals surface area contributed by atoms with Gasteiger partial charge in [-0.2, -0.15) is 0 Å². The van der Waals surface area contributed by atoms with Gasteiger partial charge < -0.3 is 15.0 Å². The highest BCUT2D eigenvalue weighted by atomic mass is 19.1. The van der Waals surface area contributed by atoms with Crippen molar-refractivity contribution >= 4 is 28.9 Å². The summed E-state index contributed by atoms with van der Waals surface area (Å²) in [6.07, 6.45) is 2.01. The van der Waals surface area contributed by atoms with Crippen molar-refractivity contribution in [3.63, 3.8) is 0 Å². The number of ether oxygens (including phenoxy) is 1. The van der Waals surface area contributed by atoms with Gasteiger partial charge in [-0.15, -0.1) is 0 Å². The molecule has 8 nitrogen and oxygen atoms in total. The molecular formula is C21H22FN3O5. The number of piperidine rings is 1. The summed E-state index contributed by atoms with van der Waals surface area (Å²) >= 11 is 0. The number of hydrogen-bond donors (Lipinski definition) is 1. The van der Waals surface area contributed by atoms with Gasteiger partial charge in [0.1, 0.15) is 11.5 Å². The van der Waals surface area contributed by atoms with Gasteiger partial charge in [0.25, 0.3) is 11.6 Å². The van der Waals surface area contributed by atoms with Gasteiger partial charge in [-0.1, -0.05) is 6.92 Å². The van der Waals surface area contributed by atoms with Gasteiger partial charge in [-0.3, -0.25) is 14.9 Å². The van der Waals surface area contributed by atoms with Gasteiger partial charge in [0.2, 0.25) is 0 Å². The second kappa shape index (κ2) is 8.89. The maximum Gasteiger partial charge on any atom is 0.337 e. The van der Waals surface area contributed by atoms with Crippen LogP contribution in [0.25, 0.3) is 0 Å². The Balaban J connectivity index is 1.87. The number of methoxy groups -OCH3 is 1. The van der Waals surface area contributed by atoms with Crippen molar-refractivity contribution in [2.45, 2.75) is 19.8 Å². The maximum absolute atomic E-state index is 14.1. The Morgan fingerprint density at radius 1 is 1.23 bits per heavy atom. The fraction of sp³-hybridized carbons (Fsp3) is 0.333. The predicted octanol–water partition coefficient (Wildman–Crippen LogP) is 4.01. The van der Waals surface area contributed by atoms with E-state index in [1.54, 1.807) is 6.07 Å². The number of benzene rings is 2. The molecule has 1 amide bonds. The van der Waals surface area contributed by atoms with Crippen molar-refractivity contribution in [1.82, 2.24) is 0 Å². The molecule has 9 heteroatoms. The second-order valence-electron chi connectivity index (χ2n) is 7.29. The third-order valence-electron chi connectivity index (χ3n) is 5.07. The average Bonchev–Trinajstić information content (AvgIpc) is 2.74. The zero-order chi connectivity index (χ0) is 21.8. The minimum absolute atomic E-state index is 0.0124. The fourth-order valence-electron chi connectivity index (χ4n) is 3.55. The lowest BCUT2D eigenvalue weighted by Crippen LogP contribution is -2.34. The molecular weight excluding hydrogens is 393 g/mol. The number of halogens is 1. The summed E-state index contributed by atoms with van der Waals surface area (Å²) in [6, 6.07) is 7.62. The Labute approximate surface area is 172 Å². The molecule has 2 aromatic rings. The van der Waals surface area contributed by atoms with Crippen LogP contribution in [0.15, 0.2) is 36.4 Å². The number of hydrogen-bond acceptors (Lipinski definition) is 6. The van der Waals surface area contributed by atoms with Crippen molar-refractivity contribution in [3.8, 4) is 0 Å². The van der Waals surface area contributed by atoms with Crippen molar-refractivity contribution in [2.75, 3.05) is 30.4 Å². The van der Waals surface area contributed by atoms with Crippen LogP contribution in [-0.4, -0.2) is 37.0 Å². The van der Waals surface area contributed by atoms with Crippen molar-refractivity contribution in [1.29, 1.82) is 0 Å². The molecule has 1 saturated heterocycles. The van der Waals surface area contributed by atoms with E-state index >= 15 is 0 Å². The third-order valence-corrected chi connectivity index (χ3v) is 5.07. The standard InChI is InChI=1S/C21H22FN3O5/c1-13-4-3-9-24(12-13)18-8-6-14(11-19(18)25(28)29)20(26)23-17-10-15(21(27)30-2)5-7-16(17)22/h5-8,10-11,13H,3-4,9,12H2,1-2H3,(H,23,26). The Morgan fingerprint density at radius 2 is 1.97 bits per heavy atom. The molecule has 0 aromatic heterocycles. The van der Waals surface area contributed by atoms with Gasteiger partial charge >= 0.3 is 5.97 Å². The number of nitrogens with one attached hydrogen (secondary N) is 1.